The normalized spacial score (nSPS) is 17.9. The van der Waals surface area contributed by atoms with Crippen molar-refractivity contribution in [2.75, 3.05) is 6.61 Å². The van der Waals surface area contributed by atoms with Crippen LogP contribution in [0, 0.1) is 6.92 Å². The van der Waals surface area contributed by atoms with Crippen LogP contribution in [0.25, 0.3) is 6.08 Å². The fourth-order valence-corrected chi connectivity index (χ4v) is 1.99. The molecule has 0 fully saturated rings. The highest BCUT2D eigenvalue weighted by molar-refractivity contribution is 5.96. The monoisotopic (exact) mass is 286 g/mol. The van der Waals surface area contributed by atoms with Gasteiger partial charge in [-0.2, -0.15) is 13.2 Å². The summed E-state index contributed by atoms with van der Waals surface area (Å²) in [5.74, 6) is -0.899. The van der Waals surface area contributed by atoms with Crippen LogP contribution in [0.5, 0.6) is 5.75 Å². The average molecular weight is 286 g/mol. The van der Waals surface area contributed by atoms with Crippen LogP contribution in [0.2, 0.25) is 0 Å². The van der Waals surface area contributed by atoms with Crippen LogP contribution < -0.4 is 4.74 Å². The number of esters is 1. The van der Waals surface area contributed by atoms with E-state index < -0.39 is 23.8 Å². The zero-order chi connectivity index (χ0) is 14.9. The maximum absolute atomic E-state index is 13.0. The molecule has 1 atom stereocenters. The predicted octanol–water partition coefficient (Wildman–Crippen LogP) is 3.26. The van der Waals surface area contributed by atoms with Gasteiger partial charge in [-0.05, 0) is 31.6 Å². The second-order valence-electron chi connectivity index (χ2n) is 4.35. The maximum Gasteiger partial charge on any atom is 0.430 e. The Balaban J connectivity index is 2.51. The molecule has 0 aliphatic carbocycles. The van der Waals surface area contributed by atoms with E-state index in [0.29, 0.717) is 5.56 Å². The fourth-order valence-electron chi connectivity index (χ4n) is 1.99. The summed E-state index contributed by atoms with van der Waals surface area (Å²) in [7, 11) is 0. The minimum absolute atomic E-state index is 0.00137. The first kappa shape index (κ1) is 14.4. The summed E-state index contributed by atoms with van der Waals surface area (Å²) in [4.78, 5) is 11.7. The number of hydrogen-bond acceptors (Lipinski definition) is 3. The topological polar surface area (TPSA) is 35.5 Å². The first-order valence-electron chi connectivity index (χ1n) is 6.06. The van der Waals surface area contributed by atoms with E-state index in [1.807, 2.05) is 0 Å². The van der Waals surface area contributed by atoms with Crippen LogP contribution in [0.4, 0.5) is 13.2 Å². The third-order valence-electron chi connectivity index (χ3n) is 2.92. The number of carbonyl (C=O) groups excluding carboxylic acids is 1. The standard InChI is InChI=1S/C14H13F3O3/c1-3-19-13(18)10-7-9-8(2)5-4-6-11(9)20-12(10)14(15,16)17/h4-7,12H,3H2,1-2H3. The molecule has 0 saturated heterocycles. The largest absolute Gasteiger partial charge is 0.475 e. The Bertz CT molecular complexity index is 561. The van der Waals surface area contributed by atoms with Gasteiger partial charge in [0.25, 0.3) is 0 Å². The van der Waals surface area contributed by atoms with E-state index in [4.69, 9.17) is 4.74 Å². The summed E-state index contributed by atoms with van der Waals surface area (Å²) in [5, 5.41) is 0. The van der Waals surface area contributed by atoms with Gasteiger partial charge >= 0.3 is 12.1 Å². The molecule has 0 spiro atoms. The van der Waals surface area contributed by atoms with E-state index in [9.17, 15) is 18.0 Å². The fraction of sp³-hybridized carbons (Fsp3) is 0.357. The van der Waals surface area contributed by atoms with Crippen LogP contribution in [0.15, 0.2) is 23.8 Å². The molecule has 1 aliphatic rings. The number of aryl methyl sites for hydroxylation is 1. The minimum Gasteiger partial charge on any atom is -0.475 e. The molecular formula is C14H13F3O3. The van der Waals surface area contributed by atoms with Crippen molar-refractivity contribution in [1.29, 1.82) is 0 Å². The first-order chi connectivity index (χ1) is 9.34. The SMILES string of the molecule is CCOC(=O)C1=Cc2c(C)cccc2OC1C(F)(F)F. The minimum atomic E-state index is -4.68. The predicted molar refractivity (Wildman–Crippen MR) is 66.3 cm³/mol. The molecule has 2 rings (SSSR count). The molecule has 0 aromatic heterocycles. The number of halogens is 3. The van der Waals surface area contributed by atoms with Gasteiger partial charge in [0.05, 0.1) is 12.2 Å². The van der Waals surface area contributed by atoms with Crippen LogP contribution in [-0.2, 0) is 9.53 Å². The van der Waals surface area contributed by atoms with E-state index in [1.54, 1.807) is 19.1 Å². The molecule has 108 valence electrons. The Morgan fingerprint density at radius 1 is 1.40 bits per heavy atom. The number of alkyl halides is 3. The van der Waals surface area contributed by atoms with Crippen LogP contribution in [0.1, 0.15) is 18.1 Å². The number of carbonyl (C=O) groups is 1. The third kappa shape index (κ3) is 2.64. The molecule has 1 aromatic carbocycles. The van der Waals surface area contributed by atoms with E-state index in [-0.39, 0.29) is 12.4 Å². The molecule has 0 amide bonds. The Kier molecular flexibility index (Phi) is 3.74. The van der Waals surface area contributed by atoms with Crippen LogP contribution >= 0.6 is 0 Å². The van der Waals surface area contributed by atoms with Crippen molar-refractivity contribution in [3.63, 3.8) is 0 Å². The van der Waals surface area contributed by atoms with Crippen molar-refractivity contribution in [2.45, 2.75) is 26.1 Å². The highest BCUT2D eigenvalue weighted by atomic mass is 19.4. The van der Waals surface area contributed by atoms with Crippen molar-refractivity contribution >= 4 is 12.0 Å². The maximum atomic E-state index is 13.0. The Hall–Kier alpha value is -1.98. The van der Waals surface area contributed by atoms with Crippen LogP contribution in [-0.4, -0.2) is 24.9 Å². The second kappa shape index (κ2) is 5.19. The van der Waals surface area contributed by atoms with E-state index in [2.05, 4.69) is 4.74 Å². The van der Waals surface area contributed by atoms with Gasteiger partial charge in [-0.1, -0.05) is 12.1 Å². The van der Waals surface area contributed by atoms with Gasteiger partial charge in [0.2, 0.25) is 6.10 Å². The quantitative estimate of drug-likeness (QED) is 0.783. The van der Waals surface area contributed by atoms with Gasteiger partial charge in [-0.3, -0.25) is 0 Å². The molecule has 1 unspecified atom stereocenters. The van der Waals surface area contributed by atoms with Gasteiger partial charge < -0.3 is 9.47 Å². The highest BCUT2D eigenvalue weighted by Gasteiger charge is 2.48. The third-order valence-corrected chi connectivity index (χ3v) is 2.92. The summed E-state index contributed by atoms with van der Waals surface area (Å²) in [5.41, 5.74) is 0.669. The second-order valence-corrected chi connectivity index (χ2v) is 4.35. The lowest BCUT2D eigenvalue weighted by Crippen LogP contribution is -2.40. The molecule has 0 N–H and O–H groups in total. The van der Waals surface area contributed by atoms with E-state index in [0.717, 1.165) is 5.56 Å². The van der Waals surface area contributed by atoms with Crippen molar-refractivity contribution in [2.24, 2.45) is 0 Å². The van der Waals surface area contributed by atoms with Gasteiger partial charge in [0, 0.05) is 5.56 Å². The van der Waals surface area contributed by atoms with Crippen LogP contribution in [0.3, 0.4) is 0 Å². The Labute approximate surface area is 114 Å². The average Bonchev–Trinajstić information content (AvgIpc) is 2.37. The molecule has 1 aromatic rings. The summed E-state index contributed by atoms with van der Waals surface area (Å²) in [6.07, 6.45) is -5.78. The summed E-state index contributed by atoms with van der Waals surface area (Å²) in [6, 6.07) is 4.78. The molecule has 0 bridgehead atoms. The summed E-state index contributed by atoms with van der Waals surface area (Å²) < 4.78 is 48.7. The summed E-state index contributed by atoms with van der Waals surface area (Å²) >= 11 is 0. The van der Waals surface area contributed by atoms with Gasteiger partial charge in [0.15, 0.2) is 0 Å². The number of benzene rings is 1. The number of fused-ring (bicyclic) bond motifs is 1. The molecule has 1 heterocycles. The lowest BCUT2D eigenvalue weighted by atomic mass is 9.98. The molecule has 6 heteroatoms. The van der Waals surface area contributed by atoms with Gasteiger partial charge in [-0.15, -0.1) is 0 Å². The Morgan fingerprint density at radius 3 is 2.70 bits per heavy atom. The molecule has 0 saturated carbocycles. The molecule has 20 heavy (non-hydrogen) atoms. The molecule has 0 radical (unpaired) electrons. The lowest BCUT2D eigenvalue weighted by molar-refractivity contribution is -0.187. The van der Waals surface area contributed by atoms with Crippen molar-refractivity contribution in [3.8, 4) is 5.75 Å². The van der Waals surface area contributed by atoms with Gasteiger partial charge in [0.1, 0.15) is 5.75 Å². The number of hydrogen-bond donors (Lipinski definition) is 0. The molecule has 3 nitrogen and oxygen atoms in total. The van der Waals surface area contributed by atoms with Crippen molar-refractivity contribution in [3.05, 3.63) is 34.9 Å². The molecule has 1 aliphatic heterocycles. The number of ether oxygens (including phenoxy) is 2. The lowest BCUT2D eigenvalue weighted by Gasteiger charge is -2.28. The molecular weight excluding hydrogens is 273 g/mol. The Morgan fingerprint density at radius 2 is 2.10 bits per heavy atom. The zero-order valence-corrected chi connectivity index (χ0v) is 11.0. The first-order valence-corrected chi connectivity index (χ1v) is 6.06. The van der Waals surface area contributed by atoms with Gasteiger partial charge in [-0.25, -0.2) is 4.79 Å². The zero-order valence-electron chi connectivity index (χ0n) is 11.0. The van der Waals surface area contributed by atoms with E-state index >= 15 is 0 Å². The number of rotatable bonds is 2. The summed E-state index contributed by atoms with van der Waals surface area (Å²) in [6.45, 7) is 3.26. The van der Waals surface area contributed by atoms with Crippen molar-refractivity contribution in [1.82, 2.24) is 0 Å². The highest BCUT2D eigenvalue weighted by Crippen LogP contribution is 2.38. The van der Waals surface area contributed by atoms with E-state index in [1.165, 1.54) is 19.1 Å². The smallest absolute Gasteiger partial charge is 0.430 e. The van der Waals surface area contributed by atoms with Crippen molar-refractivity contribution < 1.29 is 27.4 Å².